The van der Waals surface area contributed by atoms with Crippen LogP contribution >= 0.6 is 0 Å². The lowest BCUT2D eigenvalue weighted by Gasteiger charge is -2.34. The molecule has 0 radical (unpaired) electrons. The van der Waals surface area contributed by atoms with E-state index in [0.29, 0.717) is 11.3 Å². The van der Waals surface area contributed by atoms with E-state index in [-0.39, 0.29) is 19.1 Å². The first-order valence-electron chi connectivity index (χ1n) is 10.0. The number of pyridine rings is 1. The molecule has 0 aliphatic carbocycles. The SMILES string of the molecule is O=C(NCc1ccc(OCC(F)(F)F)c(F)c1)N(Cc1ccc(F)cn1)C1CCNCC1. The minimum absolute atomic E-state index is 0.0341. The third kappa shape index (κ3) is 7.04. The van der Waals surface area contributed by atoms with Gasteiger partial charge in [0, 0.05) is 12.6 Å². The van der Waals surface area contributed by atoms with Crippen molar-refractivity contribution in [3.05, 3.63) is 59.4 Å². The molecule has 2 heterocycles. The molecule has 1 aliphatic heterocycles. The van der Waals surface area contributed by atoms with E-state index in [1.165, 1.54) is 18.2 Å². The molecular formula is C21H23F5N4O2. The molecule has 1 aromatic carbocycles. The number of urea groups is 1. The average molecular weight is 458 g/mol. The third-order valence-electron chi connectivity index (χ3n) is 4.96. The summed E-state index contributed by atoms with van der Waals surface area (Å²) in [7, 11) is 0. The monoisotopic (exact) mass is 458 g/mol. The van der Waals surface area contributed by atoms with E-state index in [2.05, 4.69) is 20.4 Å². The van der Waals surface area contributed by atoms with Gasteiger partial charge in [-0.25, -0.2) is 13.6 Å². The van der Waals surface area contributed by atoms with Crippen LogP contribution in [0.1, 0.15) is 24.1 Å². The zero-order valence-corrected chi connectivity index (χ0v) is 17.1. The fourth-order valence-corrected chi connectivity index (χ4v) is 3.37. The van der Waals surface area contributed by atoms with Crippen LogP contribution < -0.4 is 15.4 Å². The number of aromatic nitrogens is 1. The molecule has 1 fully saturated rings. The molecule has 32 heavy (non-hydrogen) atoms. The van der Waals surface area contributed by atoms with Crippen LogP contribution in [0, 0.1) is 11.6 Å². The minimum atomic E-state index is -4.57. The number of piperidine rings is 1. The molecule has 0 spiro atoms. The van der Waals surface area contributed by atoms with Crippen molar-refractivity contribution in [2.24, 2.45) is 0 Å². The van der Waals surface area contributed by atoms with Crippen LogP contribution in [0.15, 0.2) is 36.5 Å². The Morgan fingerprint density at radius 1 is 1.19 bits per heavy atom. The Bertz CT molecular complexity index is 902. The number of nitrogens with one attached hydrogen (secondary N) is 2. The highest BCUT2D eigenvalue weighted by Gasteiger charge is 2.29. The molecule has 2 N–H and O–H groups in total. The van der Waals surface area contributed by atoms with Gasteiger partial charge in [0.05, 0.1) is 18.4 Å². The second-order valence-electron chi connectivity index (χ2n) is 7.40. The van der Waals surface area contributed by atoms with Gasteiger partial charge in [-0.1, -0.05) is 6.07 Å². The molecular weight excluding hydrogens is 435 g/mol. The van der Waals surface area contributed by atoms with E-state index in [1.54, 1.807) is 4.90 Å². The normalized spacial score (nSPS) is 14.8. The van der Waals surface area contributed by atoms with E-state index in [0.717, 1.165) is 44.3 Å². The number of carbonyl (C=O) groups excluding carboxylic acids is 1. The summed E-state index contributed by atoms with van der Waals surface area (Å²) in [6, 6.07) is 5.81. The van der Waals surface area contributed by atoms with Gasteiger partial charge in [0.1, 0.15) is 5.82 Å². The molecule has 2 amide bonds. The fraction of sp³-hybridized carbons (Fsp3) is 0.429. The summed E-state index contributed by atoms with van der Waals surface area (Å²) in [5.41, 5.74) is 0.887. The number of ether oxygens (including phenoxy) is 1. The molecule has 3 rings (SSSR count). The van der Waals surface area contributed by atoms with Crippen molar-refractivity contribution in [3.63, 3.8) is 0 Å². The summed E-state index contributed by atoms with van der Waals surface area (Å²) in [6.07, 6.45) is -2.03. The number of hydrogen-bond donors (Lipinski definition) is 2. The Balaban J connectivity index is 1.63. The Kier molecular flexibility index (Phi) is 7.84. The summed E-state index contributed by atoms with van der Waals surface area (Å²) >= 11 is 0. The van der Waals surface area contributed by atoms with Crippen molar-refractivity contribution in [2.45, 2.75) is 38.1 Å². The highest BCUT2D eigenvalue weighted by atomic mass is 19.4. The van der Waals surface area contributed by atoms with Crippen molar-refractivity contribution >= 4 is 6.03 Å². The fourth-order valence-electron chi connectivity index (χ4n) is 3.37. The number of nitrogens with zero attached hydrogens (tertiary/aromatic N) is 2. The molecule has 174 valence electrons. The standard InChI is InChI=1S/C21H23F5N4O2/c22-15-2-3-16(28-11-15)12-30(17-5-7-27-8-6-17)20(31)29-10-14-1-4-19(18(23)9-14)32-13-21(24,25)26/h1-4,9,11,17,27H,5-8,10,12-13H2,(H,29,31). The highest BCUT2D eigenvalue weighted by molar-refractivity contribution is 5.74. The predicted octanol–water partition coefficient (Wildman–Crippen LogP) is 3.76. The van der Waals surface area contributed by atoms with E-state index in [4.69, 9.17) is 0 Å². The number of amides is 2. The maximum Gasteiger partial charge on any atom is 0.422 e. The van der Waals surface area contributed by atoms with Crippen LogP contribution in [0.2, 0.25) is 0 Å². The maximum atomic E-state index is 14.1. The van der Waals surface area contributed by atoms with Crippen molar-refractivity contribution in [3.8, 4) is 5.75 Å². The highest BCUT2D eigenvalue weighted by Crippen LogP contribution is 2.22. The first-order valence-corrected chi connectivity index (χ1v) is 10.0. The van der Waals surface area contributed by atoms with E-state index < -0.39 is 36.2 Å². The Labute approximate surface area is 181 Å². The quantitative estimate of drug-likeness (QED) is 0.620. The van der Waals surface area contributed by atoms with Crippen molar-refractivity contribution in [2.75, 3.05) is 19.7 Å². The summed E-state index contributed by atoms with van der Waals surface area (Å²) in [5, 5.41) is 5.93. The molecule has 11 heteroatoms. The number of halogens is 5. The van der Waals surface area contributed by atoms with Gasteiger partial charge < -0.3 is 20.3 Å². The summed E-state index contributed by atoms with van der Waals surface area (Å²) < 4.78 is 68.4. The van der Waals surface area contributed by atoms with E-state index >= 15 is 0 Å². The maximum absolute atomic E-state index is 14.1. The van der Waals surface area contributed by atoms with Gasteiger partial charge in [-0.15, -0.1) is 0 Å². The van der Waals surface area contributed by atoms with E-state index in [9.17, 15) is 26.7 Å². The minimum Gasteiger partial charge on any atom is -0.481 e. The van der Waals surface area contributed by atoms with Gasteiger partial charge in [-0.3, -0.25) is 4.98 Å². The predicted molar refractivity (Wildman–Crippen MR) is 106 cm³/mol. The Hall–Kier alpha value is -2.95. The molecule has 1 aromatic heterocycles. The van der Waals surface area contributed by atoms with Gasteiger partial charge in [0.25, 0.3) is 0 Å². The lowest BCUT2D eigenvalue weighted by molar-refractivity contribution is -0.153. The van der Waals surface area contributed by atoms with Gasteiger partial charge in [0.2, 0.25) is 0 Å². The zero-order chi connectivity index (χ0) is 23.1. The lowest BCUT2D eigenvalue weighted by Crippen LogP contribution is -2.49. The molecule has 2 aromatic rings. The van der Waals surface area contributed by atoms with Crippen LogP contribution in [0.4, 0.5) is 26.7 Å². The van der Waals surface area contributed by atoms with Gasteiger partial charge in [-0.2, -0.15) is 13.2 Å². The smallest absolute Gasteiger partial charge is 0.422 e. The Morgan fingerprint density at radius 3 is 2.56 bits per heavy atom. The number of hydrogen-bond acceptors (Lipinski definition) is 4. The summed E-state index contributed by atoms with van der Waals surface area (Å²) in [6.45, 7) is 0.0391. The molecule has 0 bridgehead atoms. The van der Waals surface area contributed by atoms with Crippen LogP contribution in [0.5, 0.6) is 5.75 Å². The van der Waals surface area contributed by atoms with Crippen molar-refractivity contribution in [1.82, 2.24) is 20.5 Å². The molecule has 0 saturated carbocycles. The number of rotatable bonds is 7. The van der Waals surface area contributed by atoms with Crippen LogP contribution in [-0.4, -0.2) is 47.8 Å². The molecule has 0 unspecified atom stereocenters. The van der Waals surface area contributed by atoms with Crippen LogP contribution in [-0.2, 0) is 13.1 Å². The first kappa shape index (κ1) is 23.7. The van der Waals surface area contributed by atoms with Gasteiger partial charge in [-0.05, 0) is 55.8 Å². The topological polar surface area (TPSA) is 66.5 Å². The van der Waals surface area contributed by atoms with Crippen LogP contribution in [0.25, 0.3) is 0 Å². The van der Waals surface area contributed by atoms with Gasteiger partial charge in [0.15, 0.2) is 18.2 Å². The molecule has 6 nitrogen and oxygen atoms in total. The second-order valence-corrected chi connectivity index (χ2v) is 7.40. The molecule has 1 aliphatic rings. The number of carbonyl (C=O) groups is 1. The zero-order valence-electron chi connectivity index (χ0n) is 17.1. The first-order chi connectivity index (χ1) is 15.2. The summed E-state index contributed by atoms with van der Waals surface area (Å²) in [4.78, 5) is 18.5. The van der Waals surface area contributed by atoms with Crippen molar-refractivity contribution in [1.29, 1.82) is 0 Å². The van der Waals surface area contributed by atoms with E-state index in [1.807, 2.05) is 0 Å². The molecule has 0 atom stereocenters. The largest absolute Gasteiger partial charge is 0.481 e. The van der Waals surface area contributed by atoms with Crippen LogP contribution in [0.3, 0.4) is 0 Å². The number of benzene rings is 1. The third-order valence-corrected chi connectivity index (χ3v) is 4.96. The lowest BCUT2D eigenvalue weighted by atomic mass is 10.0. The average Bonchev–Trinajstić information content (AvgIpc) is 2.76. The summed E-state index contributed by atoms with van der Waals surface area (Å²) in [5.74, 6) is -1.95. The second kappa shape index (κ2) is 10.6. The Morgan fingerprint density at radius 2 is 1.94 bits per heavy atom. The molecule has 1 saturated heterocycles. The van der Waals surface area contributed by atoms with Gasteiger partial charge >= 0.3 is 12.2 Å². The number of alkyl halides is 3. The van der Waals surface area contributed by atoms with Crippen molar-refractivity contribution < 1.29 is 31.5 Å².